The highest BCUT2D eigenvalue weighted by molar-refractivity contribution is 5.55. The summed E-state index contributed by atoms with van der Waals surface area (Å²) in [6, 6.07) is 2.98. The van der Waals surface area contributed by atoms with Crippen LogP contribution in [0.1, 0.15) is 0 Å². The van der Waals surface area contributed by atoms with E-state index < -0.39 is 37.3 Å². The quantitative estimate of drug-likeness (QED) is 0.507. The van der Waals surface area contributed by atoms with Crippen LogP contribution in [-0.4, -0.2) is 79.1 Å². The van der Waals surface area contributed by atoms with Crippen molar-refractivity contribution in [2.45, 2.75) is 30.7 Å². The van der Waals surface area contributed by atoms with Gasteiger partial charge in [0.25, 0.3) is 0 Å². The van der Waals surface area contributed by atoms with Gasteiger partial charge in [0.2, 0.25) is 12.0 Å². The maximum Gasteiger partial charge on any atom is 0.229 e. The number of hydrogen-bond acceptors (Lipinski definition) is 9. The van der Waals surface area contributed by atoms with Gasteiger partial charge < -0.3 is 44.1 Å². The third-order valence-electron chi connectivity index (χ3n) is 3.74. The average Bonchev–Trinajstić information content (AvgIpc) is 2.61. The molecule has 0 radical (unpaired) electrons. The van der Waals surface area contributed by atoms with E-state index in [4.69, 9.17) is 23.7 Å². The third-order valence-corrected chi connectivity index (χ3v) is 3.74. The van der Waals surface area contributed by atoms with E-state index in [0.717, 1.165) is 0 Å². The summed E-state index contributed by atoms with van der Waals surface area (Å²) < 4.78 is 26.4. The molecule has 9 heteroatoms. The minimum absolute atomic E-state index is 0.217. The Labute approximate surface area is 138 Å². The van der Waals surface area contributed by atoms with Gasteiger partial charge in [-0.25, -0.2) is 0 Å². The number of aliphatic hydroxyl groups is 4. The zero-order valence-electron chi connectivity index (χ0n) is 13.6. The van der Waals surface area contributed by atoms with Crippen molar-refractivity contribution in [1.82, 2.24) is 0 Å². The summed E-state index contributed by atoms with van der Waals surface area (Å²) in [5.74, 6) is 1.24. The van der Waals surface area contributed by atoms with E-state index in [1.807, 2.05) is 0 Å². The first kappa shape index (κ1) is 18.6. The van der Waals surface area contributed by atoms with Gasteiger partial charge >= 0.3 is 0 Å². The molecule has 1 heterocycles. The number of aliphatic hydroxyl groups excluding tert-OH is 4. The smallest absolute Gasteiger partial charge is 0.229 e. The molecule has 0 amide bonds. The van der Waals surface area contributed by atoms with Crippen molar-refractivity contribution in [3.63, 3.8) is 0 Å². The first-order valence-corrected chi connectivity index (χ1v) is 7.24. The van der Waals surface area contributed by atoms with E-state index in [-0.39, 0.29) is 5.75 Å². The first-order chi connectivity index (χ1) is 11.5. The molecule has 2 rings (SSSR count). The SMILES string of the molecule is COc1cc(OC2OC(CO)C(O)[C@H](O)[C@@H]2O)cc(OC)c1OC. The monoisotopic (exact) mass is 346 g/mol. The molecule has 1 aliphatic heterocycles. The van der Waals surface area contributed by atoms with Crippen molar-refractivity contribution in [2.24, 2.45) is 0 Å². The fraction of sp³-hybridized carbons (Fsp3) is 0.600. The molecule has 24 heavy (non-hydrogen) atoms. The van der Waals surface area contributed by atoms with Crippen LogP contribution in [-0.2, 0) is 4.74 Å². The lowest BCUT2D eigenvalue weighted by molar-refractivity contribution is -0.277. The van der Waals surface area contributed by atoms with Crippen LogP contribution in [0.4, 0.5) is 0 Å². The molecule has 4 N–H and O–H groups in total. The molecule has 1 fully saturated rings. The second-order valence-electron chi connectivity index (χ2n) is 5.18. The third kappa shape index (κ3) is 3.50. The molecule has 0 aliphatic carbocycles. The lowest BCUT2D eigenvalue weighted by Crippen LogP contribution is -2.60. The van der Waals surface area contributed by atoms with Crippen LogP contribution in [0.25, 0.3) is 0 Å². The molecule has 0 saturated carbocycles. The van der Waals surface area contributed by atoms with Crippen LogP contribution in [0.15, 0.2) is 12.1 Å². The van der Waals surface area contributed by atoms with E-state index in [1.165, 1.54) is 33.5 Å². The molecule has 136 valence electrons. The molecule has 1 aliphatic rings. The van der Waals surface area contributed by atoms with Crippen LogP contribution in [0, 0.1) is 0 Å². The van der Waals surface area contributed by atoms with E-state index in [2.05, 4.69) is 0 Å². The van der Waals surface area contributed by atoms with Gasteiger partial charge in [0.15, 0.2) is 11.5 Å². The van der Waals surface area contributed by atoms with Gasteiger partial charge in [-0.15, -0.1) is 0 Å². The largest absolute Gasteiger partial charge is 0.493 e. The number of methoxy groups -OCH3 is 3. The van der Waals surface area contributed by atoms with Crippen molar-refractivity contribution >= 4 is 0 Å². The van der Waals surface area contributed by atoms with Crippen molar-refractivity contribution in [3.05, 3.63) is 12.1 Å². The summed E-state index contributed by atoms with van der Waals surface area (Å²) in [6.45, 7) is -0.542. The number of benzene rings is 1. The maximum atomic E-state index is 10.0. The molecular weight excluding hydrogens is 324 g/mol. The number of hydrogen-bond donors (Lipinski definition) is 4. The second-order valence-corrected chi connectivity index (χ2v) is 5.18. The van der Waals surface area contributed by atoms with Gasteiger partial charge in [0.1, 0.15) is 30.2 Å². The van der Waals surface area contributed by atoms with Gasteiger partial charge in [-0.3, -0.25) is 0 Å². The molecular formula is C15H22O9. The number of ether oxygens (including phenoxy) is 5. The predicted octanol–water partition coefficient (Wildman–Crippen LogP) is -1.11. The van der Waals surface area contributed by atoms with Gasteiger partial charge in [-0.1, -0.05) is 0 Å². The summed E-state index contributed by atoms with van der Waals surface area (Å²) in [5.41, 5.74) is 0. The van der Waals surface area contributed by atoms with Crippen LogP contribution >= 0.6 is 0 Å². The van der Waals surface area contributed by atoms with Gasteiger partial charge in [0, 0.05) is 12.1 Å². The van der Waals surface area contributed by atoms with Gasteiger partial charge in [0.05, 0.1) is 27.9 Å². The summed E-state index contributed by atoms with van der Waals surface area (Å²) in [7, 11) is 4.34. The highest BCUT2D eigenvalue weighted by atomic mass is 16.7. The summed E-state index contributed by atoms with van der Waals surface area (Å²) in [5, 5.41) is 38.8. The molecule has 0 spiro atoms. The Balaban J connectivity index is 2.26. The zero-order valence-corrected chi connectivity index (χ0v) is 13.6. The highest BCUT2D eigenvalue weighted by Gasteiger charge is 2.44. The Kier molecular flexibility index (Phi) is 6.08. The Bertz CT molecular complexity index is 523. The zero-order chi connectivity index (χ0) is 17.9. The normalized spacial score (nSPS) is 29.9. The molecule has 9 nitrogen and oxygen atoms in total. The topological polar surface area (TPSA) is 127 Å². The lowest BCUT2D eigenvalue weighted by Gasteiger charge is -2.39. The van der Waals surface area contributed by atoms with Gasteiger partial charge in [-0.2, -0.15) is 0 Å². The second kappa shape index (κ2) is 7.86. The summed E-state index contributed by atoms with van der Waals surface area (Å²) in [4.78, 5) is 0. The van der Waals surface area contributed by atoms with E-state index in [0.29, 0.717) is 17.2 Å². The van der Waals surface area contributed by atoms with Gasteiger partial charge in [-0.05, 0) is 0 Å². The van der Waals surface area contributed by atoms with Crippen LogP contribution in [0.5, 0.6) is 23.0 Å². The van der Waals surface area contributed by atoms with Crippen LogP contribution < -0.4 is 18.9 Å². The molecule has 3 unspecified atom stereocenters. The van der Waals surface area contributed by atoms with Crippen molar-refractivity contribution in [3.8, 4) is 23.0 Å². The van der Waals surface area contributed by atoms with Crippen molar-refractivity contribution < 1.29 is 44.1 Å². The van der Waals surface area contributed by atoms with Crippen molar-refractivity contribution in [1.29, 1.82) is 0 Å². The first-order valence-electron chi connectivity index (χ1n) is 7.24. The fourth-order valence-corrected chi connectivity index (χ4v) is 2.42. The Hall–Kier alpha value is -1.78. The molecule has 0 bridgehead atoms. The van der Waals surface area contributed by atoms with Crippen LogP contribution in [0.3, 0.4) is 0 Å². The fourth-order valence-electron chi connectivity index (χ4n) is 2.42. The molecule has 1 saturated heterocycles. The van der Waals surface area contributed by atoms with E-state index in [1.54, 1.807) is 0 Å². The van der Waals surface area contributed by atoms with Crippen LogP contribution in [0.2, 0.25) is 0 Å². The van der Waals surface area contributed by atoms with E-state index in [9.17, 15) is 20.4 Å². The Morgan fingerprint density at radius 3 is 1.96 bits per heavy atom. The average molecular weight is 346 g/mol. The minimum Gasteiger partial charge on any atom is -0.493 e. The molecule has 1 aromatic rings. The minimum atomic E-state index is -1.53. The lowest BCUT2D eigenvalue weighted by atomic mass is 9.99. The van der Waals surface area contributed by atoms with Crippen molar-refractivity contribution in [2.75, 3.05) is 27.9 Å². The summed E-state index contributed by atoms with van der Waals surface area (Å²) in [6.07, 6.45) is -6.85. The highest BCUT2D eigenvalue weighted by Crippen LogP contribution is 2.41. The summed E-state index contributed by atoms with van der Waals surface area (Å²) >= 11 is 0. The Morgan fingerprint density at radius 1 is 0.917 bits per heavy atom. The molecule has 0 aromatic heterocycles. The van der Waals surface area contributed by atoms with E-state index >= 15 is 0 Å². The molecule has 5 atom stereocenters. The molecule has 1 aromatic carbocycles. The standard InChI is InChI=1S/C15H22O9/c1-20-8-4-7(5-9(21-2)14(8)22-3)23-15-13(19)12(18)11(17)10(6-16)24-15/h4-5,10-13,15-19H,6H2,1-3H3/t10?,11?,12-,13-,15?/m0/s1. The maximum absolute atomic E-state index is 10.0. The Morgan fingerprint density at radius 2 is 1.50 bits per heavy atom. The predicted molar refractivity (Wildman–Crippen MR) is 80.5 cm³/mol. The number of rotatable bonds is 6.